The van der Waals surface area contributed by atoms with Gasteiger partial charge < -0.3 is 20.5 Å². The van der Waals surface area contributed by atoms with Crippen LogP contribution in [0.25, 0.3) is 24.3 Å². The molecule has 0 unspecified atom stereocenters. The highest BCUT2D eigenvalue weighted by Crippen LogP contribution is 2.32. The molecule has 3 aromatic carbocycles. The molecule has 0 radical (unpaired) electrons. The molecule has 4 nitrogen and oxygen atoms in total. The molecule has 0 aromatic heterocycles. The summed E-state index contributed by atoms with van der Waals surface area (Å²) in [5, 5.41) is 3.44. The summed E-state index contributed by atoms with van der Waals surface area (Å²) in [5.74, 6) is 1.57. The molecular weight excluding hydrogens is 396 g/mol. The number of ether oxygens (including phenoxy) is 2. The monoisotopic (exact) mass is 428 g/mol. The van der Waals surface area contributed by atoms with E-state index in [4.69, 9.17) is 15.2 Å². The van der Waals surface area contributed by atoms with E-state index in [1.165, 1.54) is 12.8 Å². The van der Waals surface area contributed by atoms with Gasteiger partial charge in [-0.05, 0) is 53.9 Å². The van der Waals surface area contributed by atoms with E-state index >= 15 is 0 Å². The normalized spacial score (nSPS) is 11.2. The Morgan fingerprint density at radius 3 is 1.72 bits per heavy atom. The van der Waals surface area contributed by atoms with Crippen molar-refractivity contribution < 1.29 is 9.47 Å². The van der Waals surface area contributed by atoms with Crippen LogP contribution in [0.2, 0.25) is 0 Å². The largest absolute Gasteiger partial charge is 0.496 e. The van der Waals surface area contributed by atoms with E-state index < -0.39 is 0 Å². The standard InChI is InChI=1S/C28H32N2O2/c1-4-5-18-30-26-16-10-22(11-17-26)7-13-24-20-27(31-2)23(19-28(24)32-3)12-6-21-8-14-25(29)15-9-21/h6-17,19-20,30H,4-5,18,29H2,1-3H3/b12-6+,13-7+. The first-order chi connectivity index (χ1) is 15.6. The summed E-state index contributed by atoms with van der Waals surface area (Å²) >= 11 is 0. The molecule has 3 rings (SSSR count). The minimum absolute atomic E-state index is 0.750. The molecule has 32 heavy (non-hydrogen) atoms. The summed E-state index contributed by atoms with van der Waals surface area (Å²) in [6.45, 7) is 3.20. The predicted molar refractivity (Wildman–Crippen MR) is 138 cm³/mol. The van der Waals surface area contributed by atoms with Crippen molar-refractivity contribution in [1.29, 1.82) is 0 Å². The number of nitrogens with one attached hydrogen (secondary N) is 1. The number of hydrogen-bond donors (Lipinski definition) is 2. The van der Waals surface area contributed by atoms with Gasteiger partial charge >= 0.3 is 0 Å². The number of nitrogen functional groups attached to an aromatic ring is 1. The first-order valence-corrected chi connectivity index (χ1v) is 10.9. The van der Waals surface area contributed by atoms with E-state index in [9.17, 15) is 0 Å². The highest BCUT2D eigenvalue weighted by Gasteiger charge is 2.08. The van der Waals surface area contributed by atoms with Crippen molar-refractivity contribution in [3.8, 4) is 11.5 Å². The van der Waals surface area contributed by atoms with Crippen LogP contribution in [0.3, 0.4) is 0 Å². The van der Waals surface area contributed by atoms with Crippen molar-refractivity contribution in [1.82, 2.24) is 0 Å². The smallest absolute Gasteiger partial charge is 0.126 e. The van der Waals surface area contributed by atoms with Crippen molar-refractivity contribution in [3.05, 3.63) is 82.9 Å². The number of anilines is 2. The van der Waals surface area contributed by atoms with Gasteiger partial charge in [0.15, 0.2) is 0 Å². The van der Waals surface area contributed by atoms with Crippen molar-refractivity contribution >= 4 is 35.7 Å². The Kier molecular flexibility index (Phi) is 8.38. The van der Waals surface area contributed by atoms with Gasteiger partial charge in [-0.2, -0.15) is 0 Å². The van der Waals surface area contributed by atoms with Crippen molar-refractivity contribution in [2.75, 3.05) is 31.8 Å². The van der Waals surface area contributed by atoms with Gasteiger partial charge in [-0.3, -0.25) is 0 Å². The fraction of sp³-hybridized carbons (Fsp3) is 0.214. The Hall–Kier alpha value is -3.66. The maximum absolute atomic E-state index is 5.77. The molecule has 0 amide bonds. The molecule has 3 aromatic rings. The molecule has 0 aliphatic rings. The topological polar surface area (TPSA) is 56.5 Å². The van der Waals surface area contributed by atoms with Crippen LogP contribution in [0, 0.1) is 0 Å². The third-order valence-electron chi connectivity index (χ3n) is 5.20. The molecule has 0 aliphatic heterocycles. The summed E-state index contributed by atoms with van der Waals surface area (Å²) < 4.78 is 11.3. The molecule has 4 heteroatoms. The predicted octanol–water partition coefficient (Wildman–Crippen LogP) is 6.84. The second-order valence-corrected chi connectivity index (χ2v) is 7.57. The molecule has 0 atom stereocenters. The lowest BCUT2D eigenvalue weighted by atomic mass is 10.1. The lowest BCUT2D eigenvalue weighted by molar-refractivity contribution is 0.401. The van der Waals surface area contributed by atoms with Crippen molar-refractivity contribution in [2.45, 2.75) is 19.8 Å². The van der Waals surface area contributed by atoms with Crippen molar-refractivity contribution in [2.24, 2.45) is 0 Å². The van der Waals surface area contributed by atoms with Gasteiger partial charge in [-0.15, -0.1) is 0 Å². The Labute approximate surface area is 191 Å². The van der Waals surface area contributed by atoms with Crippen LogP contribution < -0.4 is 20.5 Å². The third kappa shape index (κ3) is 6.42. The fourth-order valence-electron chi connectivity index (χ4n) is 3.31. The molecule has 0 aliphatic carbocycles. The summed E-state index contributed by atoms with van der Waals surface area (Å²) in [4.78, 5) is 0. The number of rotatable bonds is 10. The highest BCUT2D eigenvalue weighted by atomic mass is 16.5. The minimum Gasteiger partial charge on any atom is -0.496 e. The van der Waals surface area contributed by atoms with Gasteiger partial charge in [0.2, 0.25) is 0 Å². The summed E-state index contributed by atoms with van der Waals surface area (Å²) in [7, 11) is 3.36. The first kappa shape index (κ1) is 23.0. The van der Waals surface area contributed by atoms with Crippen LogP contribution in [-0.2, 0) is 0 Å². The van der Waals surface area contributed by atoms with Gasteiger partial charge in [0.25, 0.3) is 0 Å². The van der Waals surface area contributed by atoms with E-state index in [0.717, 1.165) is 51.7 Å². The van der Waals surface area contributed by atoms with Gasteiger partial charge in [-0.1, -0.05) is 61.9 Å². The molecular formula is C28H32N2O2. The van der Waals surface area contributed by atoms with E-state index in [0.29, 0.717) is 0 Å². The van der Waals surface area contributed by atoms with Crippen LogP contribution in [0.15, 0.2) is 60.7 Å². The van der Waals surface area contributed by atoms with E-state index in [1.54, 1.807) is 14.2 Å². The zero-order valence-electron chi connectivity index (χ0n) is 19.1. The van der Waals surface area contributed by atoms with Gasteiger partial charge in [0.1, 0.15) is 11.5 Å². The molecule has 0 bridgehead atoms. The van der Waals surface area contributed by atoms with Gasteiger partial charge in [0.05, 0.1) is 14.2 Å². The maximum Gasteiger partial charge on any atom is 0.126 e. The van der Waals surface area contributed by atoms with Gasteiger partial charge in [0, 0.05) is 29.0 Å². The van der Waals surface area contributed by atoms with Crippen LogP contribution in [0.1, 0.15) is 42.0 Å². The molecule has 3 N–H and O–H groups in total. The average molecular weight is 429 g/mol. The zero-order valence-corrected chi connectivity index (χ0v) is 19.1. The van der Waals surface area contributed by atoms with Crippen molar-refractivity contribution in [3.63, 3.8) is 0 Å². The second-order valence-electron chi connectivity index (χ2n) is 7.57. The molecule has 0 saturated heterocycles. The maximum atomic E-state index is 5.77. The summed E-state index contributed by atoms with van der Waals surface area (Å²) in [5.41, 5.74) is 11.8. The number of hydrogen-bond acceptors (Lipinski definition) is 4. The van der Waals surface area contributed by atoms with Crippen LogP contribution in [0.5, 0.6) is 11.5 Å². The molecule has 0 heterocycles. The quantitative estimate of drug-likeness (QED) is 0.211. The summed E-state index contributed by atoms with van der Waals surface area (Å²) in [6, 6.07) is 20.2. The van der Waals surface area contributed by atoms with E-state index in [2.05, 4.69) is 42.6 Å². The SMILES string of the molecule is CCCCNc1ccc(/C=C/c2cc(OC)c(/C=C/c3ccc(N)cc3)cc2OC)cc1. The number of methoxy groups -OCH3 is 2. The minimum atomic E-state index is 0.750. The third-order valence-corrected chi connectivity index (χ3v) is 5.20. The van der Waals surface area contributed by atoms with E-state index in [1.807, 2.05) is 54.6 Å². The molecule has 0 saturated carbocycles. The Bertz CT molecular complexity index is 1050. The van der Waals surface area contributed by atoms with Crippen LogP contribution >= 0.6 is 0 Å². The first-order valence-electron chi connectivity index (χ1n) is 10.9. The Morgan fingerprint density at radius 1 is 0.750 bits per heavy atom. The lowest BCUT2D eigenvalue weighted by Crippen LogP contribution is -2.00. The van der Waals surface area contributed by atoms with Gasteiger partial charge in [-0.25, -0.2) is 0 Å². The second kappa shape index (κ2) is 11.7. The Morgan fingerprint density at radius 2 is 1.25 bits per heavy atom. The zero-order chi connectivity index (χ0) is 22.8. The average Bonchev–Trinajstić information content (AvgIpc) is 2.83. The van der Waals surface area contributed by atoms with Crippen LogP contribution in [-0.4, -0.2) is 20.8 Å². The highest BCUT2D eigenvalue weighted by molar-refractivity contribution is 5.79. The number of nitrogens with two attached hydrogens (primary N) is 1. The number of unbranched alkanes of at least 4 members (excludes halogenated alkanes) is 1. The molecule has 0 fully saturated rings. The molecule has 0 spiro atoms. The summed E-state index contributed by atoms with van der Waals surface area (Å²) in [6.07, 6.45) is 10.5. The Balaban J connectivity index is 1.78. The number of benzene rings is 3. The molecule has 166 valence electrons. The van der Waals surface area contributed by atoms with E-state index in [-0.39, 0.29) is 0 Å². The van der Waals surface area contributed by atoms with Crippen LogP contribution in [0.4, 0.5) is 11.4 Å². The fourth-order valence-corrected chi connectivity index (χ4v) is 3.31. The lowest BCUT2D eigenvalue weighted by Gasteiger charge is -2.11.